The maximum absolute atomic E-state index is 5.86. The maximum Gasteiger partial charge on any atom is 0.119 e. The summed E-state index contributed by atoms with van der Waals surface area (Å²) >= 11 is 0. The summed E-state index contributed by atoms with van der Waals surface area (Å²) in [6.45, 7) is 8.87. The maximum atomic E-state index is 5.86. The van der Waals surface area contributed by atoms with Gasteiger partial charge in [0.2, 0.25) is 0 Å². The van der Waals surface area contributed by atoms with Crippen molar-refractivity contribution in [2.24, 2.45) is 0 Å². The Morgan fingerprint density at radius 2 is 2.00 bits per heavy atom. The molecule has 146 valence electrons. The Balaban J connectivity index is 1.15. The van der Waals surface area contributed by atoms with Gasteiger partial charge in [-0.2, -0.15) is 0 Å². The molecule has 1 unspecified atom stereocenters. The van der Waals surface area contributed by atoms with Crippen molar-refractivity contribution < 1.29 is 4.74 Å². The molecule has 2 aromatic rings. The molecule has 1 aromatic heterocycles. The lowest BCUT2D eigenvalue weighted by atomic mass is 9.97. The first kappa shape index (κ1) is 18.5. The van der Waals surface area contributed by atoms with Crippen molar-refractivity contribution in [2.75, 3.05) is 26.2 Å². The largest absolute Gasteiger partial charge is 0.494 e. The quantitative estimate of drug-likeness (QED) is 0.669. The van der Waals surface area contributed by atoms with E-state index < -0.39 is 0 Å². The first-order valence-electron chi connectivity index (χ1n) is 10.4. The van der Waals surface area contributed by atoms with Crippen molar-refractivity contribution in [2.45, 2.75) is 57.8 Å². The molecule has 1 atom stereocenters. The number of nitrogens with zero attached hydrogens (tertiary/aromatic N) is 4. The lowest BCUT2D eigenvalue weighted by Crippen LogP contribution is -2.61. The van der Waals surface area contributed by atoms with Gasteiger partial charge in [0.1, 0.15) is 5.75 Å². The number of aromatic nitrogens is 2. The van der Waals surface area contributed by atoms with E-state index in [2.05, 4.69) is 50.5 Å². The molecule has 27 heavy (non-hydrogen) atoms. The van der Waals surface area contributed by atoms with E-state index in [0.717, 1.165) is 44.0 Å². The molecule has 2 saturated heterocycles. The van der Waals surface area contributed by atoms with Gasteiger partial charge in [0.25, 0.3) is 0 Å². The van der Waals surface area contributed by atoms with Crippen molar-refractivity contribution in [3.05, 3.63) is 48.5 Å². The number of likely N-dealkylation sites (tertiary alicyclic amines) is 2. The van der Waals surface area contributed by atoms with Gasteiger partial charge in [-0.15, -0.1) is 0 Å². The summed E-state index contributed by atoms with van der Waals surface area (Å²) in [4.78, 5) is 9.35. The lowest BCUT2D eigenvalue weighted by Gasteiger charge is -2.49. The molecule has 0 N–H and O–H groups in total. The van der Waals surface area contributed by atoms with Crippen LogP contribution in [-0.4, -0.2) is 57.7 Å². The average Bonchev–Trinajstić information content (AvgIpc) is 3.17. The van der Waals surface area contributed by atoms with Gasteiger partial charge in [0.15, 0.2) is 0 Å². The molecule has 1 aromatic carbocycles. The first-order valence-corrected chi connectivity index (χ1v) is 10.4. The van der Waals surface area contributed by atoms with Crippen molar-refractivity contribution in [1.82, 2.24) is 19.4 Å². The van der Waals surface area contributed by atoms with Gasteiger partial charge in [-0.25, -0.2) is 4.98 Å². The zero-order chi connectivity index (χ0) is 18.5. The smallest absolute Gasteiger partial charge is 0.119 e. The van der Waals surface area contributed by atoms with E-state index in [1.165, 1.54) is 44.5 Å². The van der Waals surface area contributed by atoms with E-state index in [0.29, 0.717) is 0 Å². The fourth-order valence-electron chi connectivity index (χ4n) is 4.35. The van der Waals surface area contributed by atoms with Gasteiger partial charge in [-0.1, -0.05) is 18.6 Å². The van der Waals surface area contributed by atoms with Gasteiger partial charge >= 0.3 is 0 Å². The number of benzene rings is 1. The van der Waals surface area contributed by atoms with Crippen LogP contribution >= 0.6 is 0 Å². The minimum atomic E-state index is 0.735. The number of hydrogen-bond acceptors (Lipinski definition) is 4. The monoisotopic (exact) mass is 368 g/mol. The third-order valence-corrected chi connectivity index (χ3v) is 5.98. The molecule has 4 rings (SSSR count). The van der Waals surface area contributed by atoms with Gasteiger partial charge in [-0.3, -0.25) is 9.80 Å². The Labute approximate surface area is 162 Å². The van der Waals surface area contributed by atoms with Crippen molar-refractivity contribution in [1.29, 1.82) is 0 Å². The highest BCUT2D eigenvalue weighted by molar-refractivity contribution is 5.27. The second-order valence-corrected chi connectivity index (χ2v) is 8.08. The number of ether oxygens (including phenoxy) is 1. The molecule has 5 nitrogen and oxygen atoms in total. The van der Waals surface area contributed by atoms with Crippen LogP contribution in [0.25, 0.3) is 0 Å². The summed E-state index contributed by atoms with van der Waals surface area (Å²) in [5.74, 6) is 0.966. The molecule has 3 heterocycles. The van der Waals surface area contributed by atoms with Crippen LogP contribution in [0.1, 0.15) is 38.2 Å². The summed E-state index contributed by atoms with van der Waals surface area (Å²) < 4.78 is 7.94. The second kappa shape index (κ2) is 8.89. The van der Waals surface area contributed by atoms with Crippen LogP contribution < -0.4 is 4.74 Å². The number of piperidine rings is 1. The van der Waals surface area contributed by atoms with Gasteiger partial charge in [0, 0.05) is 50.7 Å². The third-order valence-electron chi connectivity index (χ3n) is 5.98. The minimum absolute atomic E-state index is 0.735. The summed E-state index contributed by atoms with van der Waals surface area (Å²) in [6, 6.07) is 10.2. The fraction of sp³-hybridized carbons (Fsp3) is 0.591. The van der Waals surface area contributed by atoms with Crippen molar-refractivity contribution >= 4 is 0 Å². The van der Waals surface area contributed by atoms with Gasteiger partial charge in [-0.05, 0) is 50.4 Å². The van der Waals surface area contributed by atoms with Crippen LogP contribution in [0.5, 0.6) is 5.75 Å². The van der Waals surface area contributed by atoms with Gasteiger partial charge < -0.3 is 9.30 Å². The van der Waals surface area contributed by atoms with Crippen LogP contribution in [0.15, 0.2) is 43.0 Å². The van der Waals surface area contributed by atoms with E-state index >= 15 is 0 Å². The summed E-state index contributed by atoms with van der Waals surface area (Å²) in [5.41, 5.74) is 1.38. The lowest BCUT2D eigenvalue weighted by molar-refractivity contribution is -0.00621. The Kier molecular flexibility index (Phi) is 6.10. The van der Waals surface area contributed by atoms with Crippen LogP contribution in [0, 0.1) is 0 Å². The molecule has 2 fully saturated rings. The van der Waals surface area contributed by atoms with Crippen LogP contribution in [0.2, 0.25) is 0 Å². The standard InChI is InChI=1S/C22H32N4O/c1-19-5-2-3-12-26(19)21-16-25(17-21)15-20-6-8-22(9-7-20)27-14-4-11-24-13-10-23-18-24/h6-10,13,18-19,21H,2-5,11-12,14-17H2,1H3. The normalized spacial score (nSPS) is 21.9. The van der Waals surface area contributed by atoms with E-state index in [1.807, 2.05) is 18.7 Å². The third kappa shape index (κ3) is 4.90. The molecule has 0 bridgehead atoms. The topological polar surface area (TPSA) is 33.5 Å². The molecular weight excluding hydrogens is 336 g/mol. The molecule has 2 aliphatic rings. The number of hydrogen-bond donors (Lipinski definition) is 0. The second-order valence-electron chi connectivity index (χ2n) is 8.08. The fourth-order valence-corrected chi connectivity index (χ4v) is 4.35. The zero-order valence-electron chi connectivity index (χ0n) is 16.5. The van der Waals surface area contributed by atoms with E-state index in [1.54, 1.807) is 0 Å². The minimum Gasteiger partial charge on any atom is -0.494 e. The first-order chi connectivity index (χ1) is 13.3. The predicted octanol–water partition coefficient (Wildman–Crippen LogP) is 3.41. The van der Waals surface area contributed by atoms with Crippen molar-refractivity contribution in [3.8, 4) is 5.75 Å². The molecule has 0 spiro atoms. The van der Waals surface area contributed by atoms with Crippen LogP contribution in [0.4, 0.5) is 0 Å². The number of aryl methyl sites for hydroxylation is 1. The summed E-state index contributed by atoms with van der Waals surface area (Å²) in [5, 5.41) is 0. The zero-order valence-corrected chi connectivity index (χ0v) is 16.5. The van der Waals surface area contributed by atoms with E-state index in [4.69, 9.17) is 4.74 Å². The number of imidazole rings is 1. The van der Waals surface area contributed by atoms with Crippen LogP contribution in [0.3, 0.4) is 0 Å². The Morgan fingerprint density at radius 1 is 1.15 bits per heavy atom. The van der Waals surface area contributed by atoms with E-state index in [9.17, 15) is 0 Å². The molecular formula is C22H32N4O. The Bertz CT molecular complexity index is 679. The van der Waals surface area contributed by atoms with Crippen molar-refractivity contribution in [3.63, 3.8) is 0 Å². The SMILES string of the molecule is CC1CCCCN1C1CN(Cc2ccc(OCCCn3ccnc3)cc2)C1. The molecule has 0 aliphatic carbocycles. The summed E-state index contributed by atoms with van der Waals surface area (Å²) in [7, 11) is 0. The molecule has 5 heteroatoms. The molecule has 0 radical (unpaired) electrons. The average molecular weight is 369 g/mol. The highest BCUT2D eigenvalue weighted by Crippen LogP contribution is 2.25. The number of rotatable bonds is 8. The highest BCUT2D eigenvalue weighted by Gasteiger charge is 2.34. The highest BCUT2D eigenvalue weighted by atomic mass is 16.5. The Hall–Kier alpha value is -1.85. The van der Waals surface area contributed by atoms with Gasteiger partial charge in [0.05, 0.1) is 12.9 Å². The summed E-state index contributed by atoms with van der Waals surface area (Å²) in [6.07, 6.45) is 10.8. The van der Waals surface area contributed by atoms with Crippen LogP contribution in [-0.2, 0) is 13.1 Å². The molecule has 0 saturated carbocycles. The van der Waals surface area contributed by atoms with E-state index in [-0.39, 0.29) is 0 Å². The Morgan fingerprint density at radius 3 is 2.74 bits per heavy atom. The molecule has 0 amide bonds. The molecule has 2 aliphatic heterocycles. The predicted molar refractivity (Wildman–Crippen MR) is 108 cm³/mol.